The summed E-state index contributed by atoms with van der Waals surface area (Å²) in [5, 5.41) is 16.8. The SMILES string of the molecule is C=C1C=C(NCCCCCCNC(=O)c2ccc(-c3ccc(C(=O)NCCCCCCNc4cc5c(cc4C)nc4cc(N)c(N)cc4[n+]5-c4ccccc4)cc3)cc2)C(C)=CC1=Nc1cc(N)c(N)cc1Nc1ccccc1. The van der Waals surface area contributed by atoms with E-state index in [4.69, 9.17) is 32.9 Å². The summed E-state index contributed by atoms with van der Waals surface area (Å²) in [7, 11) is 0. The molecule has 1 aromatic heterocycles. The highest BCUT2D eigenvalue weighted by Gasteiger charge is 2.22. The highest BCUT2D eigenvalue weighted by atomic mass is 16.2. The van der Waals surface area contributed by atoms with Gasteiger partial charge in [-0.2, -0.15) is 0 Å². The lowest BCUT2D eigenvalue weighted by atomic mass is 9.99. The number of allylic oxidation sites excluding steroid dienone is 4. The van der Waals surface area contributed by atoms with E-state index in [1.165, 1.54) is 0 Å². The highest BCUT2D eigenvalue weighted by molar-refractivity contribution is 6.13. The Morgan fingerprint density at radius 2 is 1.06 bits per heavy atom. The van der Waals surface area contributed by atoms with Crippen molar-refractivity contribution in [2.45, 2.75) is 65.2 Å². The third-order valence-electron chi connectivity index (χ3n) is 14.2. The molecule has 0 saturated heterocycles. The molecule has 0 spiro atoms. The van der Waals surface area contributed by atoms with Gasteiger partial charge in [0.1, 0.15) is 11.0 Å². The number of aryl methyl sites for hydroxylation is 1. The number of carbonyl (C=O) groups is 2. The number of benzene rings is 7. The van der Waals surface area contributed by atoms with Crippen LogP contribution in [0.3, 0.4) is 0 Å². The smallest absolute Gasteiger partial charge is 0.251 e. The number of anilines is 7. The van der Waals surface area contributed by atoms with Gasteiger partial charge < -0.3 is 49.5 Å². The van der Waals surface area contributed by atoms with E-state index in [9.17, 15) is 9.59 Å². The van der Waals surface area contributed by atoms with Crippen LogP contribution in [0.15, 0.2) is 186 Å². The zero-order valence-electron chi connectivity index (χ0n) is 45.2. The predicted octanol–water partition coefficient (Wildman–Crippen LogP) is 12.2. The number of amides is 2. The fourth-order valence-corrected chi connectivity index (χ4v) is 9.67. The van der Waals surface area contributed by atoms with Crippen molar-refractivity contribution in [1.82, 2.24) is 20.9 Å². The van der Waals surface area contributed by atoms with Gasteiger partial charge in [0.05, 0.1) is 39.8 Å². The number of rotatable bonds is 23. The van der Waals surface area contributed by atoms with Gasteiger partial charge in [0.2, 0.25) is 16.7 Å². The van der Waals surface area contributed by atoms with Gasteiger partial charge in [0.15, 0.2) is 0 Å². The van der Waals surface area contributed by atoms with E-state index in [-0.39, 0.29) is 11.8 Å². The minimum atomic E-state index is -0.0888. The summed E-state index contributed by atoms with van der Waals surface area (Å²) >= 11 is 0. The number of aromatic nitrogens is 2. The largest absolute Gasteiger partial charge is 0.397 e. The van der Waals surface area contributed by atoms with Crippen molar-refractivity contribution < 1.29 is 14.2 Å². The van der Waals surface area contributed by atoms with Gasteiger partial charge in [-0.25, -0.2) is 9.98 Å². The quantitative estimate of drug-likeness (QED) is 0.0127. The maximum Gasteiger partial charge on any atom is 0.251 e. The molecule has 0 bridgehead atoms. The average molecular weight is 1050 g/mol. The number of nitrogen functional groups attached to an aromatic ring is 4. The second kappa shape index (κ2) is 25.6. The normalized spacial score (nSPS) is 12.8. The Labute approximate surface area is 462 Å². The van der Waals surface area contributed by atoms with Crippen LogP contribution < -0.4 is 54.1 Å². The molecule has 9 rings (SSSR count). The summed E-state index contributed by atoms with van der Waals surface area (Å²) < 4.78 is 2.19. The van der Waals surface area contributed by atoms with E-state index >= 15 is 0 Å². The van der Waals surface area contributed by atoms with Crippen LogP contribution >= 0.6 is 0 Å². The number of unbranched alkanes of at least 4 members (excludes halogenated alkanes) is 6. The summed E-state index contributed by atoms with van der Waals surface area (Å²) in [4.78, 5) is 35.9. The van der Waals surface area contributed by atoms with Crippen molar-refractivity contribution >= 4 is 85.1 Å². The summed E-state index contributed by atoms with van der Waals surface area (Å²) in [6.45, 7) is 11.3. The molecule has 7 aromatic carbocycles. The first kappa shape index (κ1) is 54.4. The van der Waals surface area contributed by atoms with Crippen LogP contribution in [-0.2, 0) is 0 Å². The zero-order chi connectivity index (χ0) is 55.3. The van der Waals surface area contributed by atoms with Gasteiger partial charge in [0.25, 0.3) is 11.8 Å². The summed E-state index contributed by atoms with van der Waals surface area (Å²) in [6, 6.07) is 46.9. The summed E-state index contributed by atoms with van der Waals surface area (Å²) in [5.41, 5.74) is 42.7. The number of hydrogen-bond acceptors (Lipinski definition) is 11. The first-order chi connectivity index (χ1) is 38.4. The molecule has 1 aliphatic rings. The van der Waals surface area contributed by atoms with Crippen molar-refractivity contribution in [3.05, 3.63) is 198 Å². The van der Waals surface area contributed by atoms with E-state index in [1.807, 2.05) is 121 Å². The number of hydrogen-bond donors (Lipinski definition) is 9. The lowest BCUT2D eigenvalue weighted by Crippen LogP contribution is -2.33. The molecule has 0 radical (unpaired) electrons. The molecule has 8 aromatic rings. The van der Waals surface area contributed by atoms with Gasteiger partial charge >= 0.3 is 0 Å². The molecule has 2 amide bonds. The monoisotopic (exact) mass is 1050 g/mol. The van der Waals surface area contributed by atoms with Crippen molar-refractivity contribution in [1.29, 1.82) is 0 Å². The molecule has 79 heavy (non-hydrogen) atoms. The fourth-order valence-electron chi connectivity index (χ4n) is 9.67. The maximum atomic E-state index is 13.0. The zero-order valence-corrected chi connectivity index (χ0v) is 45.2. The van der Waals surface area contributed by atoms with Gasteiger partial charge in [-0.05, 0) is 140 Å². The fraction of sp³-hybridized carbons (Fsp3) is 0.215. The summed E-state index contributed by atoms with van der Waals surface area (Å²) in [5.74, 6) is -0.175. The van der Waals surface area contributed by atoms with Gasteiger partial charge in [-0.3, -0.25) is 9.59 Å². The Bertz CT molecular complexity index is 3590. The molecular formula is C65H71N12O2+. The van der Waals surface area contributed by atoms with Crippen molar-refractivity contribution in [3.63, 3.8) is 0 Å². The third kappa shape index (κ3) is 13.8. The van der Waals surface area contributed by atoms with E-state index < -0.39 is 0 Å². The number of nitrogens with zero attached hydrogens (tertiary/aromatic N) is 3. The van der Waals surface area contributed by atoms with Crippen molar-refractivity contribution in [2.24, 2.45) is 4.99 Å². The number of nitrogens with two attached hydrogens (primary N) is 4. The highest BCUT2D eigenvalue weighted by Crippen LogP contribution is 2.36. The Morgan fingerprint density at radius 1 is 0.544 bits per heavy atom. The Morgan fingerprint density at radius 3 is 1.68 bits per heavy atom. The van der Waals surface area contributed by atoms with Crippen LogP contribution in [0.1, 0.15) is 84.6 Å². The van der Waals surface area contributed by atoms with Crippen molar-refractivity contribution in [3.8, 4) is 16.8 Å². The second-order valence-electron chi connectivity index (χ2n) is 20.2. The standard InChI is InChI=1S/C65H70N12O2/c1-42-35-57(75-59-38-52(67)51(66)37-58(59)74-49-18-10-8-11-19-49)44(3)34-55(42)70-30-14-4-6-16-32-72-64(78)47-26-22-45(23-27-47)46-24-28-48(29-25-46)65(79)73-33-17-7-5-15-31-71-56-41-63-60(36-43(56)2)76-61-39-53(68)54(69)40-62(61)77(63)50-20-12-9-13-21-50/h8-13,18-29,34-41,70H,3-7,14-17,30-33H2,1-2H3,(H11,66,67,68,69,71,72,73,74,76,78,79)/p+1. The van der Waals surface area contributed by atoms with Gasteiger partial charge in [-0.1, -0.05) is 92.9 Å². The van der Waals surface area contributed by atoms with Crippen molar-refractivity contribution in [2.75, 3.05) is 59.7 Å². The van der Waals surface area contributed by atoms with Crippen LogP contribution in [-0.4, -0.2) is 48.7 Å². The molecule has 0 fully saturated rings. The maximum absolute atomic E-state index is 13.0. The molecule has 1 aliphatic carbocycles. The number of para-hydroxylation sites is 2. The first-order valence-corrected chi connectivity index (χ1v) is 27.2. The van der Waals surface area contributed by atoms with Crippen LogP contribution in [0.25, 0.3) is 38.9 Å². The second-order valence-corrected chi connectivity index (χ2v) is 20.2. The number of fused-ring (bicyclic) bond motifs is 2. The molecule has 0 unspecified atom stereocenters. The lowest BCUT2D eigenvalue weighted by molar-refractivity contribution is -0.538. The third-order valence-corrected chi connectivity index (χ3v) is 14.2. The van der Waals surface area contributed by atoms with Gasteiger partial charge in [0, 0.05) is 78.6 Å². The summed E-state index contributed by atoms with van der Waals surface area (Å²) in [6.07, 6.45) is 11.9. The number of nitrogens with one attached hydrogen (secondary N) is 5. The molecule has 0 aliphatic heterocycles. The molecular weight excluding hydrogens is 981 g/mol. The minimum Gasteiger partial charge on any atom is -0.397 e. The minimum absolute atomic E-state index is 0.0864. The predicted molar refractivity (Wildman–Crippen MR) is 327 cm³/mol. The molecule has 13 N–H and O–H groups in total. The molecule has 0 atom stereocenters. The molecule has 14 nitrogen and oxygen atoms in total. The number of aliphatic imine (C=N–C) groups is 1. The van der Waals surface area contributed by atoms with E-state index in [0.717, 1.165) is 149 Å². The Balaban J connectivity index is 0.645. The van der Waals surface area contributed by atoms with Crippen LogP contribution in [0.4, 0.5) is 45.5 Å². The molecule has 1 heterocycles. The lowest BCUT2D eigenvalue weighted by Gasteiger charge is -2.19. The first-order valence-electron chi connectivity index (χ1n) is 27.2. The van der Waals surface area contributed by atoms with Gasteiger partial charge in [-0.15, -0.1) is 4.57 Å². The van der Waals surface area contributed by atoms with Crippen LogP contribution in [0.2, 0.25) is 0 Å². The van der Waals surface area contributed by atoms with Crippen LogP contribution in [0.5, 0.6) is 0 Å². The topological polar surface area (TPSA) is 228 Å². The average Bonchev–Trinajstić information content (AvgIpc) is 3.46. The Hall–Kier alpha value is -9.43. The van der Waals surface area contributed by atoms with E-state index in [1.54, 1.807) is 12.1 Å². The molecule has 402 valence electrons. The molecule has 14 heteroatoms. The Kier molecular flexibility index (Phi) is 17.6. The number of carbonyl (C=O) groups excluding carboxylic acids is 2. The van der Waals surface area contributed by atoms with E-state index in [2.05, 4.69) is 75.8 Å². The van der Waals surface area contributed by atoms with E-state index in [0.29, 0.717) is 52.7 Å². The molecule has 0 saturated carbocycles. The van der Waals surface area contributed by atoms with Crippen LogP contribution in [0, 0.1) is 6.92 Å².